The first-order chi connectivity index (χ1) is 8.71. The van der Waals surface area contributed by atoms with Gasteiger partial charge in [0.15, 0.2) is 0 Å². The third kappa shape index (κ3) is 8.08. The van der Waals surface area contributed by atoms with Crippen LogP contribution < -0.4 is 5.32 Å². The van der Waals surface area contributed by atoms with Crippen LogP contribution in [0.4, 0.5) is 4.79 Å². The molecule has 0 aromatic carbocycles. The molecule has 6 heteroatoms. The molecule has 0 aromatic heterocycles. The predicted molar refractivity (Wildman–Crippen MR) is 77.4 cm³/mol. The monoisotopic (exact) mass is 337 g/mol. The zero-order valence-electron chi connectivity index (χ0n) is 12.3. The predicted octanol–water partition coefficient (Wildman–Crippen LogP) is 2.86. The lowest BCUT2D eigenvalue weighted by atomic mass is 9.99. The molecule has 0 radical (unpaired) electrons. The number of nitrogens with one attached hydrogen (secondary N) is 1. The number of amides is 1. The van der Waals surface area contributed by atoms with Crippen molar-refractivity contribution in [2.75, 3.05) is 11.9 Å². The van der Waals surface area contributed by atoms with Crippen molar-refractivity contribution in [1.29, 1.82) is 0 Å². The van der Waals surface area contributed by atoms with E-state index in [0.717, 1.165) is 6.42 Å². The second-order valence-electron chi connectivity index (χ2n) is 5.37. The normalized spacial score (nSPS) is 14.4. The quantitative estimate of drug-likeness (QED) is 0.597. The van der Waals surface area contributed by atoms with Crippen LogP contribution in [0.2, 0.25) is 0 Å². The van der Waals surface area contributed by atoms with Crippen molar-refractivity contribution in [1.82, 2.24) is 5.32 Å². The van der Waals surface area contributed by atoms with Gasteiger partial charge in [-0.25, -0.2) is 9.59 Å². The molecular weight excluding hydrogens is 314 g/mol. The topological polar surface area (TPSA) is 64.6 Å². The van der Waals surface area contributed by atoms with Crippen LogP contribution >= 0.6 is 15.9 Å². The lowest BCUT2D eigenvalue weighted by molar-refractivity contribution is -0.146. The van der Waals surface area contributed by atoms with Crippen LogP contribution in [0.3, 0.4) is 0 Å². The highest BCUT2D eigenvalue weighted by Crippen LogP contribution is 2.12. The molecule has 0 aliphatic carbocycles. The van der Waals surface area contributed by atoms with Crippen molar-refractivity contribution >= 4 is 28.0 Å². The minimum absolute atomic E-state index is 0.0182. The van der Waals surface area contributed by atoms with Gasteiger partial charge in [-0.15, -0.1) is 0 Å². The van der Waals surface area contributed by atoms with Crippen molar-refractivity contribution in [3.8, 4) is 0 Å². The summed E-state index contributed by atoms with van der Waals surface area (Å²) in [5, 5.41) is 3.15. The number of rotatable bonds is 6. The van der Waals surface area contributed by atoms with Crippen molar-refractivity contribution < 1.29 is 19.1 Å². The van der Waals surface area contributed by atoms with Gasteiger partial charge in [-0.3, -0.25) is 0 Å². The van der Waals surface area contributed by atoms with Gasteiger partial charge in [-0.05, 0) is 26.7 Å². The van der Waals surface area contributed by atoms with E-state index in [-0.39, 0.29) is 12.5 Å². The number of carbonyl (C=O) groups excluding carboxylic acids is 2. The number of halogens is 1. The van der Waals surface area contributed by atoms with Crippen molar-refractivity contribution in [3.63, 3.8) is 0 Å². The number of alkyl carbamates (subject to hydrolysis) is 1. The minimum atomic E-state index is -0.682. The average molecular weight is 338 g/mol. The molecule has 0 aliphatic heterocycles. The Hall–Kier alpha value is -0.780. The fraction of sp³-hybridized carbons (Fsp3) is 0.846. The first-order valence-electron chi connectivity index (χ1n) is 6.43. The SMILES string of the molecule is CC[C@H](C)C(NC(=O)OC(C)(C)C)C(=O)OCCBr. The average Bonchev–Trinajstić information content (AvgIpc) is 2.29. The molecule has 0 saturated carbocycles. The highest BCUT2D eigenvalue weighted by atomic mass is 79.9. The second kappa shape index (κ2) is 8.40. The third-order valence-corrected chi connectivity index (χ3v) is 2.78. The van der Waals surface area contributed by atoms with Gasteiger partial charge < -0.3 is 14.8 Å². The van der Waals surface area contributed by atoms with Gasteiger partial charge in [0, 0.05) is 5.33 Å². The summed E-state index contributed by atoms with van der Waals surface area (Å²) < 4.78 is 10.2. The van der Waals surface area contributed by atoms with E-state index in [0.29, 0.717) is 5.33 Å². The molecule has 0 aliphatic rings. The molecule has 0 bridgehead atoms. The molecular formula is C13H24BrNO4. The number of carbonyl (C=O) groups is 2. The Kier molecular flexibility index (Phi) is 8.06. The Bertz CT molecular complexity index is 302. The first kappa shape index (κ1) is 18.2. The largest absolute Gasteiger partial charge is 0.463 e. The number of hydrogen-bond acceptors (Lipinski definition) is 4. The van der Waals surface area contributed by atoms with Crippen LogP contribution in [0.1, 0.15) is 41.0 Å². The van der Waals surface area contributed by atoms with E-state index >= 15 is 0 Å². The van der Waals surface area contributed by atoms with Gasteiger partial charge in [0.25, 0.3) is 0 Å². The van der Waals surface area contributed by atoms with Gasteiger partial charge in [0.2, 0.25) is 0 Å². The maximum atomic E-state index is 11.9. The van der Waals surface area contributed by atoms with Gasteiger partial charge in [0.1, 0.15) is 18.2 Å². The van der Waals surface area contributed by atoms with Gasteiger partial charge in [-0.1, -0.05) is 36.2 Å². The Labute approximate surface area is 123 Å². The molecule has 0 spiro atoms. The summed E-state index contributed by atoms with van der Waals surface area (Å²) in [5.74, 6) is -0.449. The molecule has 1 N–H and O–H groups in total. The summed E-state index contributed by atoms with van der Waals surface area (Å²) >= 11 is 3.18. The van der Waals surface area contributed by atoms with E-state index in [9.17, 15) is 9.59 Å². The molecule has 5 nitrogen and oxygen atoms in total. The van der Waals surface area contributed by atoms with Gasteiger partial charge in [-0.2, -0.15) is 0 Å². The van der Waals surface area contributed by atoms with Gasteiger partial charge in [0.05, 0.1) is 0 Å². The number of alkyl halides is 1. The highest BCUT2D eigenvalue weighted by Gasteiger charge is 2.29. The van der Waals surface area contributed by atoms with E-state index in [4.69, 9.17) is 9.47 Å². The van der Waals surface area contributed by atoms with Crippen molar-refractivity contribution in [2.45, 2.75) is 52.7 Å². The summed E-state index contributed by atoms with van der Waals surface area (Å²) in [7, 11) is 0. The molecule has 19 heavy (non-hydrogen) atoms. The van der Waals surface area contributed by atoms with Crippen LogP contribution in [0.5, 0.6) is 0 Å². The fourth-order valence-corrected chi connectivity index (χ4v) is 1.49. The molecule has 0 fully saturated rings. The summed E-state index contributed by atoms with van der Waals surface area (Å²) in [4.78, 5) is 23.6. The van der Waals surface area contributed by atoms with E-state index in [1.54, 1.807) is 20.8 Å². The van der Waals surface area contributed by atoms with Crippen molar-refractivity contribution in [3.05, 3.63) is 0 Å². The third-order valence-electron chi connectivity index (χ3n) is 2.46. The number of hydrogen-bond donors (Lipinski definition) is 1. The second-order valence-corrected chi connectivity index (χ2v) is 6.16. The first-order valence-corrected chi connectivity index (χ1v) is 7.55. The maximum Gasteiger partial charge on any atom is 0.408 e. The smallest absolute Gasteiger partial charge is 0.408 e. The van der Waals surface area contributed by atoms with E-state index in [1.807, 2.05) is 13.8 Å². The van der Waals surface area contributed by atoms with E-state index in [1.165, 1.54) is 0 Å². The Morgan fingerprint density at radius 3 is 2.32 bits per heavy atom. The molecule has 0 rings (SSSR count). The van der Waals surface area contributed by atoms with Crippen LogP contribution in [0.15, 0.2) is 0 Å². The van der Waals surface area contributed by atoms with Gasteiger partial charge >= 0.3 is 12.1 Å². The van der Waals surface area contributed by atoms with Crippen LogP contribution in [0, 0.1) is 5.92 Å². The highest BCUT2D eigenvalue weighted by molar-refractivity contribution is 9.09. The molecule has 112 valence electrons. The lowest BCUT2D eigenvalue weighted by Crippen LogP contribution is -2.47. The summed E-state index contributed by atoms with van der Waals surface area (Å²) in [6.07, 6.45) is 0.151. The van der Waals surface area contributed by atoms with E-state index < -0.39 is 23.7 Å². The standard InChI is InChI=1S/C13H24BrNO4/c1-6-9(2)10(11(16)18-8-7-14)15-12(17)19-13(3,4)5/h9-10H,6-8H2,1-5H3,(H,15,17)/t9-,10?/m0/s1. The van der Waals surface area contributed by atoms with Crippen LogP contribution in [0.25, 0.3) is 0 Å². The van der Waals surface area contributed by atoms with E-state index in [2.05, 4.69) is 21.2 Å². The molecule has 2 atom stereocenters. The van der Waals surface area contributed by atoms with Crippen LogP contribution in [-0.2, 0) is 14.3 Å². The zero-order chi connectivity index (χ0) is 15.1. The molecule has 0 saturated heterocycles. The number of ether oxygens (including phenoxy) is 2. The molecule has 1 unspecified atom stereocenters. The van der Waals surface area contributed by atoms with Crippen molar-refractivity contribution in [2.24, 2.45) is 5.92 Å². The zero-order valence-corrected chi connectivity index (χ0v) is 13.9. The van der Waals surface area contributed by atoms with Crippen LogP contribution in [-0.4, -0.2) is 35.6 Å². The minimum Gasteiger partial charge on any atom is -0.463 e. The Morgan fingerprint density at radius 2 is 1.89 bits per heavy atom. The fourth-order valence-electron chi connectivity index (χ4n) is 1.33. The molecule has 0 heterocycles. The Morgan fingerprint density at radius 1 is 1.32 bits per heavy atom. The summed E-state index contributed by atoms with van der Waals surface area (Å²) in [6, 6.07) is -0.682. The molecule has 0 aromatic rings. The Balaban J connectivity index is 4.60. The maximum absolute atomic E-state index is 11.9. The molecule has 1 amide bonds. The number of esters is 1. The summed E-state index contributed by atoms with van der Waals surface area (Å²) in [5.41, 5.74) is -0.593. The lowest BCUT2D eigenvalue weighted by Gasteiger charge is -2.25. The summed E-state index contributed by atoms with van der Waals surface area (Å²) in [6.45, 7) is 9.43.